The Labute approximate surface area is 151 Å². The minimum absolute atomic E-state index is 0.144. The molecule has 0 saturated carbocycles. The molecule has 0 aliphatic carbocycles. The second kappa shape index (κ2) is 7.77. The molecule has 0 spiro atoms. The van der Waals surface area contributed by atoms with E-state index < -0.39 is 0 Å². The van der Waals surface area contributed by atoms with Crippen LogP contribution in [0.15, 0.2) is 24.3 Å². The third-order valence-electron chi connectivity index (χ3n) is 3.63. The number of amides is 1. The molecule has 128 valence electrons. The van der Waals surface area contributed by atoms with Crippen LogP contribution in [0.5, 0.6) is 5.75 Å². The Kier molecular flexibility index (Phi) is 5.97. The summed E-state index contributed by atoms with van der Waals surface area (Å²) in [6.45, 7) is 5.60. The summed E-state index contributed by atoms with van der Waals surface area (Å²) in [5.41, 5.74) is 9.99. The molecule has 0 aromatic heterocycles. The van der Waals surface area contributed by atoms with Crippen molar-refractivity contribution in [3.8, 4) is 5.75 Å². The number of carbonyl (C=O) groups excluding carboxylic acids is 1. The average molecular weight is 367 g/mol. The molecule has 0 atom stereocenters. The van der Waals surface area contributed by atoms with Crippen molar-refractivity contribution in [1.29, 1.82) is 0 Å². The number of anilines is 2. The van der Waals surface area contributed by atoms with Gasteiger partial charge >= 0.3 is 0 Å². The minimum Gasteiger partial charge on any atom is -0.482 e. The van der Waals surface area contributed by atoms with Gasteiger partial charge in [0.2, 0.25) is 0 Å². The third-order valence-corrected chi connectivity index (χ3v) is 4.13. The van der Waals surface area contributed by atoms with E-state index >= 15 is 0 Å². The predicted molar refractivity (Wildman–Crippen MR) is 100 cm³/mol. The first-order chi connectivity index (χ1) is 11.3. The molecule has 0 aliphatic heterocycles. The summed E-state index contributed by atoms with van der Waals surface area (Å²) in [7, 11) is 0. The number of ether oxygens (including phenoxy) is 1. The van der Waals surface area contributed by atoms with E-state index in [2.05, 4.69) is 5.32 Å². The highest BCUT2D eigenvalue weighted by Crippen LogP contribution is 2.32. The number of benzene rings is 2. The zero-order valence-electron chi connectivity index (χ0n) is 13.9. The smallest absolute Gasteiger partial charge is 0.262 e. The molecule has 2 aromatic rings. The van der Waals surface area contributed by atoms with Gasteiger partial charge in [0.1, 0.15) is 5.75 Å². The lowest BCUT2D eigenvalue weighted by atomic mass is 10.0. The molecule has 24 heavy (non-hydrogen) atoms. The summed E-state index contributed by atoms with van der Waals surface area (Å²) >= 11 is 12.0. The van der Waals surface area contributed by atoms with E-state index in [1.165, 1.54) is 0 Å². The predicted octanol–water partition coefficient (Wildman–Crippen LogP) is 4.77. The molecule has 0 radical (unpaired) electrons. The van der Waals surface area contributed by atoms with Crippen LogP contribution in [0.25, 0.3) is 0 Å². The Hall–Kier alpha value is -1.91. The summed E-state index contributed by atoms with van der Waals surface area (Å²) in [5.74, 6) is 0.198. The molecule has 2 rings (SSSR count). The number of nitrogen functional groups attached to an aromatic ring is 1. The van der Waals surface area contributed by atoms with Crippen molar-refractivity contribution in [2.24, 2.45) is 0 Å². The largest absolute Gasteiger partial charge is 0.482 e. The molecule has 0 unspecified atom stereocenters. The van der Waals surface area contributed by atoms with Crippen LogP contribution in [0, 0.1) is 13.8 Å². The number of halogens is 2. The van der Waals surface area contributed by atoms with Gasteiger partial charge < -0.3 is 15.8 Å². The zero-order valence-corrected chi connectivity index (χ0v) is 15.4. The summed E-state index contributed by atoms with van der Waals surface area (Å²) in [6, 6.07) is 7.02. The van der Waals surface area contributed by atoms with Crippen LogP contribution in [-0.4, -0.2) is 12.5 Å². The molecule has 6 heteroatoms. The van der Waals surface area contributed by atoms with E-state index in [0.29, 0.717) is 21.5 Å². The van der Waals surface area contributed by atoms with Gasteiger partial charge in [-0.15, -0.1) is 0 Å². The third kappa shape index (κ3) is 4.34. The Morgan fingerprint density at radius 1 is 1.17 bits per heavy atom. The Morgan fingerprint density at radius 3 is 2.50 bits per heavy atom. The lowest BCUT2D eigenvalue weighted by Gasteiger charge is -2.15. The van der Waals surface area contributed by atoms with Gasteiger partial charge in [0.25, 0.3) is 5.91 Å². The SMILES string of the molecule is CCc1cc(N)cc(C)c1NC(=O)COc1c(C)cc(Cl)cc1Cl. The van der Waals surface area contributed by atoms with Crippen LogP contribution in [0.1, 0.15) is 23.6 Å². The van der Waals surface area contributed by atoms with Crippen molar-refractivity contribution in [2.45, 2.75) is 27.2 Å². The fourth-order valence-corrected chi connectivity index (χ4v) is 3.18. The normalized spacial score (nSPS) is 10.5. The summed E-state index contributed by atoms with van der Waals surface area (Å²) in [4.78, 5) is 12.2. The lowest BCUT2D eigenvalue weighted by Crippen LogP contribution is -2.22. The molecule has 3 N–H and O–H groups in total. The van der Waals surface area contributed by atoms with Crippen molar-refractivity contribution in [3.05, 3.63) is 51.0 Å². The number of nitrogens with two attached hydrogens (primary N) is 1. The molecule has 2 aromatic carbocycles. The van der Waals surface area contributed by atoms with E-state index in [-0.39, 0.29) is 12.5 Å². The van der Waals surface area contributed by atoms with E-state index in [0.717, 1.165) is 28.8 Å². The fourth-order valence-electron chi connectivity index (χ4n) is 2.53. The van der Waals surface area contributed by atoms with Gasteiger partial charge in [-0.3, -0.25) is 4.79 Å². The second-order valence-electron chi connectivity index (χ2n) is 5.60. The van der Waals surface area contributed by atoms with Crippen LogP contribution in [0.2, 0.25) is 10.0 Å². The first-order valence-electron chi connectivity index (χ1n) is 7.59. The highest BCUT2D eigenvalue weighted by Gasteiger charge is 2.13. The van der Waals surface area contributed by atoms with Crippen LogP contribution in [0.3, 0.4) is 0 Å². The van der Waals surface area contributed by atoms with Gasteiger partial charge in [0, 0.05) is 16.4 Å². The maximum absolute atomic E-state index is 12.2. The number of nitrogens with one attached hydrogen (secondary N) is 1. The van der Waals surface area contributed by atoms with Crippen LogP contribution in [0.4, 0.5) is 11.4 Å². The number of aryl methyl sites for hydroxylation is 3. The van der Waals surface area contributed by atoms with Crippen molar-refractivity contribution in [2.75, 3.05) is 17.7 Å². The number of carbonyl (C=O) groups is 1. The molecule has 0 saturated heterocycles. The van der Waals surface area contributed by atoms with E-state index in [1.807, 2.05) is 32.9 Å². The first kappa shape index (κ1) is 18.4. The maximum Gasteiger partial charge on any atom is 0.262 e. The summed E-state index contributed by atoms with van der Waals surface area (Å²) in [5, 5.41) is 3.80. The van der Waals surface area contributed by atoms with Crippen LogP contribution in [-0.2, 0) is 11.2 Å². The average Bonchev–Trinajstić information content (AvgIpc) is 2.48. The minimum atomic E-state index is -0.261. The maximum atomic E-state index is 12.2. The quantitative estimate of drug-likeness (QED) is 0.748. The van der Waals surface area contributed by atoms with E-state index in [9.17, 15) is 4.79 Å². The fraction of sp³-hybridized carbons (Fsp3) is 0.278. The molecular weight excluding hydrogens is 347 g/mol. The van der Waals surface area contributed by atoms with E-state index in [1.54, 1.807) is 12.1 Å². The number of rotatable bonds is 5. The molecule has 0 heterocycles. The van der Waals surface area contributed by atoms with Crippen LogP contribution >= 0.6 is 23.2 Å². The van der Waals surface area contributed by atoms with Crippen molar-refractivity contribution < 1.29 is 9.53 Å². The van der Waals surface area contributed by atoms with Crippen molar-refractivity contribution >= 4 is 40.5 Å². The topological polar surface area (TPSA) is 64.3 Å². The number of hydrogen-bond donors (Lipinski definition) is 2. The molecular formula is C18H20Cl2N2O2. The molecule has 0 bridgehead atoms. The molecule has 0 fully saturated rings. The molecule has 1 amide bonds. The van der Waals surface area contributed by atoms with Gasteiger partial charge in [-0.1, -0.05) is 30.1 Å². The summed E-state index contributed by atoms with van der Waals surface area (Å²) < 4.78 is 5.57. The highest BCUT2D eigenvalue weighted by atomic mass is 35.5. The lowest BCUT2D eigenvalue weighted by molar-refractivity contribution is -0.118. The van der Waals surface area contributed by atoms with Gasteiger partial charge in [0.15, 0.2) is 6.61 Å². The van der Waals surface area contributed by atoms with Crippen molar-refractivity contribution in [3.63, 3.8) is 0 Å². The van der Waals surface area contributed by atoms with Gasteiger partial charge in [-0.25, -0.2) is 0 Å². The van der Waals surface area contributed by atoms with Crippen LogP contribution < -0.4 is 15.8 Å². The van der Waals surface area contributed by atoms with Gasteiger partial charge in [-0.2, -0.15) is 0 Å². The Bertz CT molecular complexity index is 753. The zero-order chi connectivity index (χ0) is 17.9. The van der Waals surface area contributed by atoms with Crippen molar-refractivity contribution in [1.82, 2.24) is 0 Å². The highest BCUT2D eigenvalue weighted by molar-refractivity contribution is 6.35. The Balaban J connectivity index is 2.10. The standard InChI is InChI=1S/C18H20Cl2N2O2/c1-4-12-7-14(21)6-10(2)17(12)22-16(23)9-24-18-11(3)5-13(19)8-15(18)20/h5-8H,4,9,21H2,1-3H3,(H,22,23). The monoisotopic (exact) mass is 366 g/mol. The Morgan fingerprint density at radius 2 is 1.88 bits per heavy atom. The first-order valence-corrected chi connectivity index (χ1v) is 8.34. The van der Waals surface area contributed by atoms with Gasteiger partial charge in [-0.05, 0) is 61.2 Å². The number of hydrogen-bond acceptors (Lipinski definition) is 3. The van der Waals surface area contributed by atoms with Gasteiger partial charge in [0.05, 0.1) is 5.02 Å². The molecule has 0 aliphatic rings. The summed E-state index contributed by atoms with van der Waals surface area (Å²) in [6.07, 6.45) is 0.768. The second-order valence-corrected chi connectivity index (χ2v) is 6.44. The van der Waals surface area contributed by atoms with E-state index in [4.69, 9.17) is 33.7 Å². The molecule has 4 nitrogen and oxygen atoms in total.